The lowest BCUT2D eigenvalue weighted by atomic mass is 9.93. The number of aryl methyl sites for hydroxylation is 2. The van der Waals surface area contributed by atoms with Gasteiger partial charge in [-0.25, -0.2) is 9.67 Å². The third-order valence-electron chi connectivity index (χ3n) is 5.84. The van der Waals surface area contributed by atoms with Crippen LogP contribution in [0, 0.1) is 13.8 Å². The van der Waals surface area contributed by atoms with E-state index >= 15 is 0 Å². The highest BCUT2D eigenvalue weighted by Gasteiger charge is 2.39. The third kappa shape index (κ3) is 3.50. The quantitative estimate of drug-likeness (QED) is 0.448. The summed E-state index contributed by atoms with van der Waals surface area (Å²) in [5.41, 5.74) is 4.77. The van der Waals surface area contributed by atoms with E-state index in [1.54, 1.807) is 20.3 Å². The van der Waals surface area contributed by atoms with Crippen LogP contribution in [0.3, 0.4) is 0 Å². The number of rotatable bonds is 4. The summed E-state index contributed by atoms with van der Waals surface area (Å²) in [6.45, 7) is 4.04. The van der Waals surface area contributed by atoms with Crippen LogP contribution in [0.2, 0.25) is 0 Å². The van der Waals surface area contributed by atoms with Gasteiger partial charge in [0.2, 0.25) is 0 Å². The second-order valence-electron chi connectivity index (χ2n) is 7.90. The summed E-state index contributed by atoms with van der Waals surface area (Å²) in [7, 11) is 3.26. The van der Waals surface area contributed by atoms with E-state index in [0.29, 0.717) is 27.4 Å². The van der Waals surface area contributed by atoms with Crippen LogP contribution in [0.5, 0.6) is 11.5 Å². The highest BCUT2D eigenvalue weighted by atomic mass is 35.5. The Morgan fingerprint density at radius 2 is 1.73 bits per heavy atom. The Hall–Kier alpha value is -3.22. The summed E-state index contributed by atoms with van der Waals surface area (Å²) >= 11 is 13.1. The number of hydrogen-bond acceptors (Lipinski definition) is 5. The second-order valence-corrected chi connectivity index (χ2v) is 8.75. The number of allylic oxidation sites excluding steroid dienone is 2. The van der Waals surface area contributed by atoms with Crippen LogP contribution < -0.4 is 9.47 Å². The Bertz CT molecular complexity index is 1340. The lowest BCUT2D eigenvalue weighted by Crippen LogP contribution is -2.36. The SMILES string of the molecule is COc1cccc(C2c3c(C)nn(-c4ccc(C)cc4)c3N=C3C(Cl)=CC(Cl)=CN32)c1OC. The Morgan fingerprint density at radius 3 is 2.42 bits per heavy atom. The van der Waals surface area contributed by atoms with Gasteiger partial charge >= 0.3 is 0 Å². The number of halogens is 2. The fourth-order valence-corrected chi connectivity index (χ4v) is 4.87. The molecule has 0 aliphatic carbocycles. The minimum atomic E-state index is -0.326. The van der Waals surface area contributed by atoms with Gasteiger partial charge in [0.05, 0.1) is 41.7 Å². The Morgan fingerprint density at radius 1 is 0.970 bits per heavy atom. The van der Waals surface area contributed by atoms with E-state index in [0.717, 1.165) is 28.3 Å². The van der Waals surface area contributed by atoms with Crippen LogP contribution >= 0.6 is 23.2 Å². The number of aromatic nitrogens is 2. The fraction of sp³-hybridized carbons (Fsp3) is 0.200. The van der Waals surface area contributed by atoms with Gasteiger partial charge in [-0.1, -0.05) is 53.0 Å². The zero-order chi connectivity index (χ0) is 23.3. The number of methoxy groups -OCH3 is 2. The number of ether oxygens (including phenoxy) is 2. The summed E-state index contributed by atoms with van der Waals surface area (Å²) in [5, 5.41) is 5.83. The van der Waals surface area contributed by atoms with Crippen LogP contribution in [0.25, 0.3) is 5.69 Å². The smallest absolute Gasteiger partial charge is 0.166 e. The molecule has 3 aromatic rings. The maximum atomic E-state index is 6.64. The first-order valence-electron chi connectivity index (χ1n) is 10.4. The van der Waals surface area contributed by atoms with E-state index in [9.17, 15) is 0 Å². The van der Waals surface area contributed by atoms with Crippen molar-refractivity contribution >= 4 is 34.9 Å². The molecule has 6 nitrogen and oxygen atoms in total. The Kier molecular flexibility index (Phi) is 5.43. The first-order valence-corrected chi connectivity index (χ1v) is 11.2. The van der Waals surface area contributed by atoms with E-state index in [1.165, 1.54) is 5.56 Å². The molecule has 0 bridgehead atoms. The van der Waals surface area contributed by atoms with Crippen molar-refractivity contribution < 1.29 is 9.47 Å². The molecule has 2 aliphatic rings. The minimum Gasteiger partial charge on any atom is -0.493 e. The second kappa shape index (κ2) is 8.28. The molecule has 2 aromatic carbocycles. The van der Waals surface area contributed by atoms with Gasteiger partial charge in [0.1, 0.15) is 0 Å². The summed E-state index contributed by atoms with van der Waals surface area (Å²) in [6, 6.07) is 13.7. The molecular weight excluding hydrogens is 459 g/mol. The van der Waals surface area contributed by atoms with Crippen molar-refractivity contribution in [2.45, 2.75) is 19.9 Å². The molecule has 0 amide bonds. The summed E-state index contributed by atoms with van der Waals surface area (Å²) < 4.78 is 13.2. The van der Waals surface area contributed by atoms with Crippen molar-refractivity contribution in [1.29, 1.82) is 0 Å². The summed E-state index contributed by atoms with van der Waals surface area (Å²) in [5.74, 6) is 2.58. The molecule has 1 atom stereocenters. The van der Waals surface area contributed by atoms with Gasteiger partial charge in [0.25, 0.3) is 0 Å². The standard InChI is InChI=1S/C25H22Cl2N4O2/c1-14-8-10-17(11-9-14)31-25-21(15(2)29-31)22(18-6-5-7-20(32-3)23(18)33-4)30-13-16(26)12-19(27)24(30)28-25/h5-13,22H,1-4H3. The van der Waals surface area contributed by atoms with Crippen LogP contribution in [-0.2, 0) is 0 Å². The Labute approximate surface area is 202 Å². The van der Waals surface area contributed by atoms with E-state index in [4.69, 9.17) is 42.8 Å². The number of amidine groups is 1. The summed E-state index contributed by atoms with van der Waals surface area (Å²) in [4.78, 5) is 6.91. The number of benzene rings is 2. The first kappa shape index (κ1) is 21.6. The molecule has 0 spiro atoms. The van der Waals surface area contributed by atoms with Gasteiger partial charge in [-0.2, -0.15) is 5.10 Å². The number of hydrogen-bond donors (Lipinski definition) is 0. The third-order valence-corrected chi connectivity index (χ3v) is 6.32. The Balaban J connectivity index is 1.81. The van der Waals surface area contributed by atoms with Crippen molar-refractivity contribution in [1.82, 2.24) is 14.7 Å². The van der Waals surface area contributed by atoms with Crippen molar-refractivity contribution in [3.63, 3.8) is 0 Å². The molecule has 33 heavy (non-hydrogen) atoms. The van der Waals surface area contributed by atoms with Gasteiger partial charge in [-0.3, -0.25) is 0 Å². The number of fused-ring (bicyclic) bond motifs is 2. The monoisotopic (exact) mass is 480 g/mol. The zero-order valence-corrected chi connectivity index (χ0v) is 20.1. The van der Waals surface area contributed by atoms with E-state index in [1.807, 2.05) is 53.0 Å². The van der Waals surface area contributed by atoms with Crippen molar-refractivity contribution in [3.05, 3.63) is 87.2 Å². The average Bonchev–Trinajstić information content (AvgIpc) is 3.14. The topological polar surface area (TPSA) is 51.9 Å². The van der Waals surface area contributed by atoms with Gasteiger partial charge < -0.3 is 14.4 Å². The minimum absolute atomic E-state index is 0.326. The highest BCUT2D eigenvalue weighted by molar-refractivity contribution is 6.45. The van der Waals surface area contributed by atoms with Crippen LogP contribution in [0.1, 0.15) is 28.4 Å². The molecule has 0 radical (unpaired) electrons. The molecule has 0 fully saturated rings. The predicted molar refractivity (Wildman–Crippen MR) is 131 cm³/mol. The molecule has 1 aromatic heterocycles. The molecule has 0 saturated carbocycles. The molecular formula is C25H22Cl2N4O2. The van der Waals surface area contributed by atoms with E-state index in [-0.39, 0.29) is 6.04 Å². The van der Waals surface area contributed by atoms with E-state index < -0.39 is 0 Å². The first-order chi connectivity index (χ1) is 15.9. The van der Waals surface area contributed by atoms with Gasteiger partial charge in [-0.15, -0.1) is 0 Å². The molecule has 8 heteroatoms. The molecule has 1 unspecified atom stereocenters. The van der Waals surface area contributed by atoms with Crippen LogP contribution in [-0.4, -0.2) is 34.7 Å². The molecule has 0 N–H and O–H groups in total. The van der Waals surface area contributed by atoms with Gasteiger partial charge in [-0.05, 0) is 38.1 Å². The fourth-order valence-electron chi connectivity index (χ4n) is 4.34. The predicted octanol–water partition coefficient (Wildman–Crippen LogP) is 6.16. The average molecular weight is 481 g/mol. The zero-order valence-electron chi connectivity index (χ0n) is 18.6. The van der Waals surface area contributed by atoms with Crippen LogP contribution in [0.4, 0.5) is 5.82 Å². The molecule has 0 saturated heterocycles. The summed E-state index contributed by atoms with van der Waals surface area (Å²) in [6.07, 6.45) is 3.53. The molecule has 2 aliphatic heterocycles. The molecule has 3 heterocycles. The lowest BCUT2D eigenvalue weighted by molar-refractivity contribution is 0.342. The van der Waals surface area contributed by atoms with Crippen molar-refractivity contribution in [2.24, 2.45) is 4.99 Å². The number of nitrogens with zero attached hydrogens (tertiary/aromatic N) is 4. The molecule has 5 rings (SSSR count). The van der Waals surface area contributed by atoms with Crippen molar-refractivity contribution in [3.8, 4) is 17.2 Å². The van der Waals surface area contributed by atoms with Gasteiger partial charge in [0.15, 0.2) is 23.2 Å². The van der Waals surface area contributed by atoms with Gasteiger partial charge in [0, 0.05) is 17.3 Å². The largest absolute Gasteiger partial charge is 0.493 e. The van der Waals surface area contributed by atoms with E-state index in [2.05, 4.69) is 19.1 Å². The normalized spacial score (nSPS) is 17.0. The molecule has 168 valence electrons. The number of aliphatic imine (C=N–C) groups is 1. The maximum absolute atomic E-state index is 6.64. The number of para-hydroxylation sites is 1. The van der Waals surface area contributed by atoms with Crippen molar-refractivity contribution in [2.75, 3.05) is 14.2 Å². The lowest BCUT2D eigenvalue weighted by Gasteiger charge is -2.37. The van der Waals surface area contributed by atoms with Crippen LogP contribution in [0.15, 0.2) is 69.8 Å². The highest BCUT2D eigenvalue weighted by Crippen LogP contribution is 2.49. The maximum Gasteiger partial charge on any atom is 0.166 e.